The fourth-order valence-electron chi connectivity index (χ4n) is 3.94. The number of aryl methyl sites for hydroxylation is 1. The number of rotatable bonds is 8. The number of aromatic nitrogens is 2. The third-order valence-electron chi connectivity index (χ3n) is 5.15. The summed E-state index contributed by atoms with van der Waals surface area (Å²) in [7, 11) is 0. The smallest absolute Gasteiger partial charge is 0.110 e. The van der Waals surface area contributed by atoms with E-state index in [0.29, 0.717) is 11.5 Å². The molecule has 0 spiro atoms. The van der Waals surface area contributed by atoms with Crippen molar-refractivity contribution >= 4 is 0 Å². The Hall–Kier alpha value is -0.830. The highest BCUT2D eigenvalue weighted by Gasteiger charge is 2.39. The Balaban J connectivity index is 2.14. The topological polar surface area (TPSA) is 29.9 Å². The van der Waals surface area contributed by atoms with Crippen LogP contribution in [0.25, 0.3) is 0 Å². The number of hydrogen-bond acceptors (Lipinski definition) is 2. The number of imidazole rings is 1. The summed E-state index contributed by atoms with van der Waals surface area (Å²) in [5, 5.41) is 3.77. The van der Waals surface area contributed by atoms with E-state index >= 15 is 0 Å². The number of hydrogen-bond donors (Lipinski definition) is 1. The second kappa shape index (κ2) is 7.26. The quantitative estimate of drug-likeness (QED) is 0.783. The van der Waals surface area contributed by atoms with Gasteiger partial charge in [0.1, 0.15) is 5.82 Å². The maximum Gasteiger partial charge on any atom is 0.110 e. The van der Waals surface area contributed by atoms with Gasteiger partial charge >= 0.3 is 0 Å². The minimum absolute atomic E-state index is 0.499. The Morgan fingerprint density at radius 1 is 1.30 bits per heavy atom. The highest BCUT2D eigenvalue weighted by Crippen LogP contribution is 2.44. The summed E-state index contributed by atoms with van der Waals surface area (Å²) in [6.45, 7) is 8.97. The van der Waals surface area contributed by atoms with Gasteiger partial charge in [0.25, 0.3) is 0 Å². The van der Waals surface area contributed by atoms with Crippen molar-refractivity contribution in [2.75, 3.05) is 6.54 Å². The monoisotopic (exact) mass is 277 g/mol. The summed E-state index contributed by atoms with van der Waals surface area (Å²) in [6, 6.07) is 0.581. The van der Waals surface area contributed by atoms with Crippen LogP contribution in [0.15, 0.2) is 12.4 Å². The molecule has 0 saturated heterocycles. The van der Waals surface area contributed by atoms with Crippen LogP contribution < -0.4 is 5.32 Å². The van der Waals surface area contributed by atoms with Gasteiger partial charge in [-0.2, -0.15) is 0 Å². The lowest BCUT2D eigenvalue weighted by Crippen LogP contribution is -2.45. The molecule has 1 aliphatic rings. The number of nitrogens with zero attached hydrogens (tertiary/aromatic N) is 2. The molecule has 1 fully saturated rings. The fraction of sp³-hybridized carbons (Fsp3) is 0.824. The zero-order valence-corrected chi connectivity index (χ0v) is 13.5. The van der Waals surface area contributed by atoms with E-state index in [2.05, 4.69) is 41.8 Å². The van der Waals surface area contributed by atoms with Gasteiger partial charge in [-0.15, -0.1) is 0 Å². The molecule has 1 unspecified atom stereocenters. The molecule has 3 heteroatoms. The Morgan fingerprint density at radius 2 is 2.05 bits per heavy atom. The Labute approximate surface area is 124 Å². The van der Waals surface area contributed by atoms with E-state index < -0.39 is 0 Å². The largest absolute Gasteiger partial charge is 0.335 e. The molecule has 0 aromatic carbocycles. The van der Waals surface area contributed by atoms with E-state index in [-0.39, 0.29) is 0 Å². The third-order valence-corrected chi connectivity index (χ3v) is 5.15. The SMILES string of the molecule is CCCn1ccnc1CC(NCC)C1(CC)CCCC1. The van der Waals surface area contributed by atoms with Crippen molar-refractivity contribution in [3.8, 4) is 0 Å². The highest BCUT2D eigenvalue weighted by molar-refractivity contribution is 5.02. The molecule has 114 valence electrons. The second-order valence-electron chi connectivity index (χ2n) is 6.27. The van der Waals surface area contributed by atoms with Gasteiger partial charge in [0.05, 0.1) is 0 Å². The average Bonchev–Trinajstić information content (AvgIpc) is 3.09. The van der Waals surface area contributed by atoms with Gasteiger partial charge in [-0.3, -0.25) is 0 Å². The van der Waals surface area contributed by atoms with Gasteiger partial charge in [-0.05, 0) is 37.6 Å². The standard InChI is InChI=1S/C17H31N3/c1-4-12-20-13-11-19-16(20)14-15(18-6-3)17(5-2)9-7-8-10-17/h11,13,15,18H,4-10,12,14H2,1-3H3. The first-order valence-electron chi connectivity index (χ1n) is 8.49. The molecule has 1 aliphatic carbocycles. The molecule has 0 amide bonds. The summed E-state index contributed by atoms with van der Waals surface area (Å²) in [5.41, 5.74) is 0.499. The van der Waals surface area contributed by atoms with Crippen LogP contribution >= 0.6 is 0 Å². The van der Waals surface area contributed by atoms with E-state index in [0.717, 1.165) is 19.5 Å². The zero-order valence-electron chi connectivity index (χ0n) is 13.5. The van der Waals surface area contributed by atoms with Crippen molar-refractivity contribution in [3.63, 3.8) is 0 Å². The van der Waals surface area contributed by atoms with Crippen LogP contribution in [0.1, 0.15) is 65.1 Å². The van der Waals surface area contributed by atoms with Crippen molar-refractivity contribution in [1.29, 1.82) is 0 Å². The molecule has 0 aliphatic heterocycles. The van der Waals surface area contributed by atoms with Crippen LogP contribution in [0.5, 0.6) is 0 Å². The van der Waals surface area contributed by atoms with Gasteiger partial charge in [0, 0.05) is 31.4 Å². The lowest BCUT2D eigenvalue weighted by molar-refractivity contribution is 0.183. The lowest BCUT2D eigenvalue weighted by Gasteiger charge is -2.37. The molecule has 1 N–H and O–H groups in total. The van der Waals surface area contributed by atoms with Crippen LogP contribution in [-0.4, -0.2) is 22.1 Å². The summed E-state index contributed by atoms with van der Waals surface area (Å²) >= 11 is 0. The maximum absolute atomic E-state index is 4.62. The maximum atomic E-state index is 4.62. The summed E-state index contributed by atoms with van der Waals surface area (Å²) in [6.07, 6.45) is 13.2. The van der Waals surface area contributed by atoms with Crippen LogP contribution in [0, 0.1) is 5.41 Å². The Kier molecular flexibility index (Phi) is 5.64. The Morgan fingerprint density at radius 3 is 2.65 bits per heavy atom. The van der Waals surface area contributed by atoms with Crippen molar-refractivity contribution in [2.45, 2.75) is 78.3 Å². The first kappa shape index (κ1) is 15.6. The molecule has 1 atom stereocenters. The molecule has 0 bridgehead atoms. The van der Waals surface area contributed by atoms with E-state index in [9.17, 15) is 0 Å². The minimum atomic E-state index is 0.499. The molecular weight excluding hydrogens is 246 g/mol. The molecule has 3 nitrogen and oxygen atoms in total. The highest BCUT2D eigenvalue weighted by atomic mass is 15.1. The third kappa shape index (κ3) is 3.25. The zero-order chi connectivity index (χ0) is 14.4. The van der Waals surface area contributed by atoms with Crippen molar-refractivity contribution in [2.24, 2.45) is 5.41 Å². The number of nitrogens with one attached hydrogen (secondary N) is 1. The predicted molar refractivity (Wildman–Crippen MR) is 84.9 cm³/mol. The molecule has 1 heterocycles. The van der Waals surface area contributed by atoms with E-state index in [4.69, 9.17) is 0 Å². The van der Waals surface area contributed by atoms with Gasteiger partial charge in [-0.25, -0.2) is 4.98 Å². The van der Waals surface area contributed by atoms with Gasteiger partial charge in [0.15, 0.2) is 0 Å². The van der Waals surface area contributed by atoms with Crippen LogP contribution in [0.4, 0.5) is 0 Å². The van der Waals surface area contributed by atoms with Gasteiger partial charge in [0.2, 0.25) is 0 Å². The van der Waals surface area contributed by atoms with Crippen LogP contribution in [0.2, 0.25) is 0 Å². The molecule has 1 saturated carbocycles. The van der Waals surface area contributed by atoms with Gasteiger partial charge in [-0.1, -0.05) is 33.6 Å². The molecule has 1 aromatic rings. The van der Waals surface area contributed by atoms with Crippen molar-refractivity contribution in [3.05, 3.63) is 18.2 Å². The lowest BCUT2D eigenvalue weighted by atomic mass is 9.74. The van der Waals surface area contributed by atoms with Gasteiger partial charge < -0.3 is 9.88 Å². The first-order chi connectivity index (χ1) is 9.75. The molecule has 1 aromatic heterocycles. The molecule has 20 heavy (non-hydrogen) atoms. The molecule has 0 radical (unpaired) electrons. The fourth-order valence-corrected chi connectivity index (χ4v) is 3.94. The molecular formula is C17H31N3. The summed E-state index contributed by atoms with van der Waals surface area (Å²) < 4.78 is 2.34. The Bertz CT molecular complexity index is 391. The van der Waals surface area contributed by atoms with E-state index in [1.807, 2.05) is 6.20 Å². The van der Waals surface area contributed by atoms with Crippen LogP contribution in [-0.2, 0) is 13.0 Å². The predicted octanol–water partition coefficient (Wildman–Crippen LogP) is 3.78. The van der Waals surface area contributed by atoms with Crippen molar-refractivity contribution in [1.82, 2.24) is 14.9 Å². The first-order valence-corrected chi connectivity index (χ1v) is 8.49. The summed E-state index contributed by atoms with van der Waals surface area (Å²) in [5.74, 6) is 1.26. The minimum Gasteiger partial charge on any atom is -0.335 e. The van der Waals surface area contributed by atoms with Crippen molar-refractivity contribution < 1.29 is 0 Å². The molecule has 2 rings (SSSR count). The van der Waals surface area contributed by atoms with E-state index in [1.54, 1.807) is 0 Å². The van der Waals surface area contributed by atoms with E-state index in [1.165, 1.54) is 44.3 Å². The summed E-state index contributed by atoms with van der Waals surface area (Å²) in [4.78, 5) is 4.62. The normalized spacial score (nSPS) is 19.4. The van der Waals surface area contributed by atoms with Crippen LogP contribution in [0.3, 0.4) is 0 Å². The number of likely N-dealkylation sites (N-methyl/N-ethyl adjacent to an activating group) is 1. The average molecular weight is 277 g/mol. The second-order valence-corrected chi connectivity index (χ2v) is 6.27.